The fourth-order valence-electron chi connectivity index (χ4n) is 3.80. The summed E-state index contributed by atoms with van der Waals surface area (Å²) in [4.78, 5) is 4.42. The molecule has 0 saturated heterocycles. The van der Waals surface area contributed by atoms with Gasteiger partial charge in [0.1, 0.15) is 10.6 Å². The van der Waals surface area contributed by atoms with Crippen molar-refractivity contribution in [3.63, 3.8) is 0 Å². The standard InChI is InChI=1S/C22H22N2O3S/c1-16-9-10-20(27-2)21(14-16)28(25,26)24-13-11-17-6-3-4-8-19(17)22(24)18-7-5-12-23-15-18/h3-10,12,14-15,22H,11,13H2,1-2H3. The molecule has 0 amide bonds. The van der Waals surface area contributed by atoms with Crippen LogP contribution in [-0.2, 0) is 16.4 Å². The maximum absolute atomic E-state index is 13.7. The van der Waals surface area contributed by atoms with Gasteiger partial charge >= 0.3 is 0 Å². The van der Waals surface area contributed by atoms with Crippen LogP contribution in [0.15, 0.2) is 71.9 Å². The van der Waals surface area contributed by atoms with Crippen molar-refractivity contribution in [3.05, 3.63) is 89.2 Å². The Hall–Kier alpha value is -2.70. The zero-order chi connectivity index (χ0) is 19.7. The average Bonchev–Trinajstić information content (AvgIpc) is 2.73. The maximum atomic E-state index is 13.7. The van der Waals surface area contributed by atoms with Crippen LogP contribution < -0.4 is 4.74 Å². The molecule has 1 unspecified atom stereocenters. The molecule has 1 aliphatic rings. The lowest BCUT2D eigenvalue weighted by Gasteiger charge is -2.36. The van der Waals surface area contributed by atoms with E-state index in [-0.39, 0.29) is 4.90 Å². The van der Waals surface area contributed by atoms with E-state index in [1.165, 1.54) is 12.7 Å². The van der Waals surface area contributed by atoms with Crippen molar-refractivity contribution >= 4 is 10.0 Å². The van der Waals surface area contributed by atoms with Gasteiger partial charge in [-0.25, -0.2) is 8.42 Å². The Bertz CT molecular complexity index is 1100. The highest BCUT2D eigenvalue weighted by Gasteiger charge is 2.38. The first-order valence-electron chi connectivity index (χ1n) is 9.16. The summed E-state index contributed by atoms with van der Waals surface area (Å²) in [6.07, 6.45) is 4.10. The van der Waals surface area contributed by atoms with E-state index in [2.05, 4.69) is 11.1 Å². The van der Waals surface area contributed by atoms with Crippen LogP contribution in [-0.4, -0.2) is 31.4 Å². The third kappa shape index (κ3) is 3.19. The number of hydrogen-bond acceptors (Lipinski definition) is 4. The fourth-order valence-corrected chi connectivity index (χ4v) is 5.64. The van der Waals surface area contributed by atoms with E-state index in [9.17, 15) is 8.42 Å². The topological polar surface area (TPSA) is 59.5 Å². The summed E-state index contributed by atoms with van der Waals surface area (Å²) in [5, 5.41) is 0. The molecular weight excluding hydrogens is 372 g/mol. The number of nitrogens with zero attached hydrogens (tertiary/aromatic N) is 2. The van der Waals surface area contributed by atoms with Crippen molar-refractivity contribution in [3.8, 4) is 5.75 Å². The van der Waals surface area contributed by atoms with Crippen molar-refractivity contribution in [1.82, 2.24) is 9.29 Å². The second-order valence-corrected chi connectivity index (χ2v) is 8.77. The van der Waals surface area contributed by atoms with Crippen LogP contribution in [0.1, 0.15) is 28.3 Å². The lowest BCUT2D eigenvalue weighted by atomic mass is 9.91. The number of pyridine rings is 1. The average molecular weight is 394 g/mol. The van der Waals surface area contributed by atoms with Crippen LogP contribution in [0, 0.1) is 6.92 Å². The van der Waals surface area contributed by atoms with Crippen LogP contribution in [0.5, 0.6) is 5.75 Å². The summed E-state index contributed by atoms with van der Waals surface area (Å²) in [5.74, 6) is 0.356. The number of benzene rings is 2. The van der Waals surface area contributed by atoms with Crippen molar-refractivity contribution in [2.45, 2.75) is 24.3 Å². The third-order valence-corrected chi connectivity index (χ3v) is 7.03. The molecule has 0 bridgehead atoms. The Morgan fingerprint density at radius 3 is 2.68 bits per heavy atom. The molecule has 0 radical (unpaired) electrons. The summed E-state index contributed by atoms with van der Waals surface area (Å²) in [5.41, 5.74) is 3.88. The van der Waals surface area contributed by atoms with Gasteiger partial charge < -0.3 is 4.74 Å². The van der Waals surface area contributed by atoms with Gasteiger partial charge in [-0.3, -0.25) is 4.98 Å². The summed E-state index contributed by atoms with van der Waals surface area (Å²) in [6, 6.07) is 16.6. The molecule has 1 atom stereocenters. The molecule has 6 heteroatoms. The largest absolute Gasteiger partial charge is 0.495 e. The Balaban J connectivity index is 1.90. The zero-order valence-electron chi connectivity index (χ0n) is 15.9. The molecule has 144 valence electrons. The number of rotatable bonds is 4. The Kier molecular flexibility index (Phi) is 4.91. The highest BCUT2D eigenvalue weighted by atomic mass is 32.2. The first-order valence-corrected chi connectivity index (χ1v) is 10.6. The minimum Gasteiger partial charge on any atom is -0.495 e. The number of aryl methyl sites for hydroxylation is 1. The van der Waals surface area contributed by atoms with E-state index in [0.29, 0.717) is 18.7 Å². The maximum Gasteiger partial charge on any atom is 0.247 e. The summed E-state index contributed by atoms with van der Waals surface area (Å²) < 4.78 is 34.4. The highest BCUT2D eigenvalue weighted by Crippen LogP contribution is 2.40. The molecule has 0 fully saturated rings. The molecule has 2 heterocycles. The number of aromatic nitrogens is 1. The van der Waals surface area contributed by atoms with E-state index in [0.717, 1.165) is 16.7 Å². The molecule has 28 heavy (non-hydrogen) atoms. The molecule has 2 aromatic carbocycles. The van der Waals surface area contributed by atoms with Gasteiger partial charge in [-0.15, -0.1) is 0 Å². The van der Waals surface area contributed by atoms with Gasteiger partial charge in [0.05, 0.1) is 13.2 Å². The number of ether oxygens (including phenoxy) is 1. The third-order valence-electron chi connectivity index (χ3n) is 5.15. The van der Waals surface area contributed by atoms with Crippen LogP contribution >= 0.6 is 0 Å². The van der Waals surface area contributed by atoms with E-state index in [1.807, 2.05) is 43.3 Å². The molecule has 5 nitrogen and oxygen atoms in total. The van der Waals surface area contributed by atoms with Crippen molar-refractivity contribution in [2.75, 3.05) is 13.7 Å². The van der Waals surface area contributed by atoms with E-state index < -0.39 is 16.1 Å². The predicted molar refractivity (Wildman–Crippen MR) is 108 cm³/mol. The van der Waals surface area contributed by atoms with E-state index in [4.69, 9.17) is 4.74 Å². The number of fused-ring (bicyclic) bond motifs is 1. The molecule has 3 aromatic rings. The number of hydrogen-bond donors (Lipinski definition) is 0. The van der Waals surface area contributed by atoms with E-state index >= 15 is 0 Å². The molecule has 1 aromatic heterocycles. The minimum atomic E-state index is -3.79. The predicted octanol–water partition coefficient (Wildman–Crippen LogP) is 3.74. The molecule has 0 spiro atoms. The first kappa shape index (κ1) is 18.7. The lowest BCUT2D eigenvalue weighted by molar-refractivity contribution is 0.339. The minimum absolute atomic E-state index is 0.197. The SMILES string of the molecule is COc1ccc(C)cc1S(=O)(=O)N1CCc2ccccc2C1c1cccnc1. The van der Waals surface area contributed by atoms with Crippen LogP contribution in [0.2, 0.25) is 0 Å². The van der Waals surface area contributed by atoms with Crippen molar-refractivity contribution in [2.24, 2.45) is 0 Å². The quantitative estimate of drug-likeness (QED) is 0.676. The van der Waals surface area contributed by atoms with Gasteiger partial charge in [0.15, 0.2) is 0 Å². The molecular formula is C22H22N2O3S. The number of methoxy groups -OCH3 is 1. The molecule has 0 N–H and O–H groups in total. The van der Waals surface area contributed by atoms with Crippen molar-refractivity contribution < 1.29 is 13.2 Å². The second kappa shape index (κ2) is 7.37. The molecule has 0 saturated carbocycles. The van der Waals surface area contributed by atoms with E-state index in [1.54, 1.807) is 28.8 Å². The van der Waals surface area contributed by atoms with Gasteiger partial charge in [-0.05, 0) is 53.8 Å². The van der Waals surface area contributed by atoms with Crippen LogP contribution in [0.4, 0.5) is 0 Å². The zero-order valence-corrected chi connectivity index (χ0v) is 16.7. The molecule has 0 aliphatic carbocycles. The van der Waals surface area contributed by atoms with Gasteiger partial charge in [-0.2, -0.15) is 4.31 Å². The van der Waals surface area contributed by atoms with Crippen LogP contribution in [0.3, 0.4) is 0 Å². The Morgan fingerprint density at radius 2 is 1.93 bits per heavy atom. The van der Waals surface area contributed by atoms with Crippen LogP contribution in [0.25, 0.3) is 0 Å². The monoisotopic (exact) mass is 394 g/mol. The second-order valence-electron chi connectivity index (χ2n) is 6.91. The highest BCUT2D eigenvalue weighted by molar-refractivity contribution is 7.89. The Morgan fingerprint density at radius 1 is 1.11 bits per heavy atom. The van der Waals surface area contributed by atoms with Gasteiger partial charge in [0.2, 0.25) is 10.0 Å². The molecule has 4 rings (SSSR count). The first-order chi connectivity index (χ1) is 13.5. The summed E-state index contributed by atoms with van der Waals surface area (Å²) in [6.45, 7) is 2.28. The van der Waals surface area contributed by atoms with Gasteiger partial charge in [0, 0.05) is 18.9 Å². The van der Waals surface area contributed by atoms with Crippen molar-refractivity contribution in [1.29, 1.82) is 0 Å². The van der Waals surface area contributed by atoms with Gasteiger partial charge in [-0.1, -0.05) is 36.4 Å². The smallest absolute Gasteiger partial charge is 0.247 e. The number of sulfonamides is 1. The van der Waals surface area contributed by atoms with Gasteiger partial charge in [0.25, 0.3) is 0 Å². The molecule has 1 aliphatic heterocycles. The summed E-state index contributed by atoms with van der Waals surface area (Å²) in [7, 11) is -2.29. The fraction of sp³-hybridized carbons (Fsp3) is 0.227. The Labute approximate surface area is 165 Å². The lowest BCUT2D eigenvalue weighted by Crippen LogP contribution is -2.40. The normalized spacial score (nSPS) is 17.1. The summed E-state index contributed by atoms with van der Waals surface area (Å²) >= 11 is 0.